The van der Waals surface area contributed by atoms with Crippen molar-refractivity contribution in [2.45, 2.75) is 54.9 Å². The van der Waals surface area contributed by atoms with Crippen LogP contribution in [0, 0.1) is 24.1 Å². The van der Waals surface area contributed by atoms with Gasteiger partial charge in [0.2, 0.25) is 0 Å². The standard InChI is InChI=1S/C12H18N4.C7H5FN2.C3H8.C2H6/c1-4-13-12-11(6-7-14-12)10(3)16-8-15(5-2)9-16;1-5-7(8)2-6(3-9)4-10-5;1-3-2;1-2/h4,6-7H,1,5,8-9H2,2-3H3,(H,13,14);2,4H,1H3;3H2,1-2H3;1-2H3/b11-10+;;;. The van der Waals surface area contributed by atoms with E-state index in [0.717, 1.165) is 31.3 Å². The number of rotatable bonds is 3. The van der Waals surface area contributed by atoms with Crippen molar-refractivity contribution < 1.29 is 4.39 Å². The van der Waals surface area contributed by atoms with Crippen LogP contribution < -0.4 is 5.32 Å². The molecule has 0 aliphatic carbocycles. The molecular formula is C24H37FN6. The minimum absolute atomic E-state index is 0.253. The topological polar surface area (TPSA) is 67.6 Å². The van der Waals surface area contributed by atoms with Gasteiger partial charge in [0.15, 0.2) is 0 Å². The third-order valence-electron chi connectivity index (χ3n) is 4.15. The van der Waals surface area contributed by atoms with Gasteiger partial charge in [-0.1, -0.05) is 47.6 Å². The molecule has 0 unspecified atom stereocenters. The monoisotopic (exact) mass is 428 g/mol. The van der Waals surface area contributed by atoms with Crippen molar-refractivity contribution in [2.24, 2.45) is 4.99 Å². The van der Waals surface area contributed by atoms with Crippen LogP contribution >= 0.6 is 0 Å². The van der Waals surface area contributed by atoms with Crippen LogP contribution in [0.4, 0.5) is 4.39 Å². The molecule has 170 valence electrons. The molecule has 31 heavy (non-hydrogen) atoms. The van der Waals surface area contributed by atoms with E-state index in [1.165, 1.54) is 24.4 Å². The highest BCUT2D eigenvalue weighted by Gasteiger charge is 2.25. The fourth-order valence-corrected chi connectivity index (χ4v) is 2.43. The average Bonchev–Trinajstić information content (AvgIpc) is 3.20. The smallest absolute Gasteiger partial charge is 0.145 e. The highest BCUT2D eigenvalue weighted by Crippen LogP contribution is 2.21. The number of pyridine rings is 1. The van der Waals surface area contributed by atoms with Crippen molar-refractivity contribution in [2.75, 3.05) is 19.9 Å². The van der Waals surface area contributed by atoms with E-state index >= 15 is 0 Å². The molecule has 0 spiro atoms. The van der Waals surface area contributed by atoms with E-state index in [2.05, 4.69) is 59.4 Å². The van der Waals surface area contributed by atoms with Gasteiger partial charge in [-0.05, 0) is 38.7 Å². The quantitative estimate of drug-likeness (QED) is 0.706. The number of nitrogens with zero attached hydrogens (tertiary/aromatic N) is 5. The van der Waals surface area contributed by atoms with Crippen LogP contribution in [0.2, 0.25) is 0 Å². The lowest BCUT2D eigenvalue weighted by atomic mass is 10.2. The molecule has 1 aromatic rings. The van der Waals surface area contributed by atoms with E-state index in [0.29, 0.717) is 5.69 Å². The predicted molar refractivity (Wildman–Crippen MR) is 128 cm³/mol. The molecule has 3 heterocycles. The number of hydrogen-bond donors (Lipinski definition) is 1. The van der Waals surface area contributed by atoms with Crippen molar-refractivity contribution in [3.8, 4) is 6.07 Å². The van der Waals surface area contributed by atoms with Gasteiger partial charge in [0.05, 0.1) is 24.6 Å². The first-order chi connectivity index (χ1) is 14.9. The summed E-state index contributed by atoms with van der Waals surface area (Å²) in [5, 5.41) is 11.4. The van der Waals surface area contributed by atoms with E-state index in [-0.39, 0.29) is 5.56 Å². The van der Waals surface area contributed by atoms with Crippen LogP contribution in [0.15, 0.2) is 53.6 Å². The molecule has 1 saturated heterocycles. The first kappa shape index (κ1) is 28.0. The Morgan fingerprint density at radius 3 is 2.42 bits per heavy atom. The lowest BCUT2D eigenvalue weighted by Gasteiger charge is -2.44. The summed E-state index contributed by atoms with van der Waals surface area (Å²) >= 11 is 0. The molecular weight excluding hydrogens is 391 g/mol. The molecule has 0 saturated carbocycles. The molecule has 3 rings (SSSR count). The molecule has 0 radical (unpaired) electrons. The number of allylic oxidation sites excluding steroid dienone is 1. The second kappa shape index (κ2) is 15.8. The molecule has 0 amide bonds. The molecule has 7 heteroatoms. The molecule has 2 aliphatic rings. The minimum Gasteiger partial charge on any atom is -0.348 e. The van der Waals surface area contributed by atoms with Gasteiger partial charge < -0.3 is 10.2 Å². The second-order valence-electron chi connectivity index (χ2n) is 6.56. The highest BCUT2D eigenvalue weighted by atomic mass is 19.1. The zero-order valence-corrected chi connectivity index (χ0v) is 20.0. The summed E-state index contributed by atoms with van der Waals surface area (Å²) in [4.78, 5) is 12.6. The zero-order chi connectivity index (χ0) is 23.8. The van der Waals surface area contributed by atoms with Crippen molar-refractivity contribution in [1.82, 2.24) is 20.1 Å². The number of aromatic nitrogens is 1. The number of halogens is 1. The summed E-state index contributed by atoms with van der Waals surface area (Å²) in [6.45, 7) is 20.9. The number of nitrogens with one attached hydrogen (secondary N) is 1. The van der Waals surface area contributed by atoms with Gasteiger partial charge in [0.25, 0.3) is 0 Å². The first-order valence-corrected chi connectivity index (χ1v) is 10.7. The number of aliphatic imine (C=N–C) groups is 1. The van der Waals surface area contributed by atoms with Gasteiger partial charge >= 0.3 is 0 Å². The Hall–Kier alpha value is -2.98. The summed E-state index contributed by atoms with van der Waals surface area (Å²) in [5.41, 5.74) is 3.00. The third-order valence-corrected chi connectivity index (χ3v) is 4.15. The van der Waals surface area contributed by atoms with E-state index in [9.17, 15) is 4.39 Å². The fraction of sp³-hybridized carbons (Fsp3) is 0.458. The largest absolute Gasteiger partial charge is 0.348 e. The van der Waals surface area contributed by atoms with Crippen LogP contribution in [-0.2, 0) is 0 Å². The zero-order valence-electron chi connectivity index (χ0n) is 20.0. The summed E-state index contributed by atoms with van der Waals surface area (Å²) in [6.07, 6.45) is 8.11. The van der Waals surface area contributed by atoms with Crippen LogP contribution in [0.25, 0.3) is 0 Å². The lowest BCUT2D eigenvalue weighted by Crippen LogP contribution is -2.54. The Balaban J connectivity index is 0.000000515. The fourth-order valence-electron chi connectivity index (χ4n) is 2.43. The van der Waals surface area contributed by atoms with E-state index in [1.54, 1.807) is 19.2 Å². The van der Waals surface area contributed by atoms with Crippen LogP contribution in [0.3, 0.4) is 0 Å². The Kier molecular flexibility index (Phi) is 14.3. The molecule has 0 bridgehead atoms. The number of hydrogen-bond acceptors (Lipinski definition) is 6. The summed E-state index contributed by atoms with van der Waals surface area (Å²) in [6, 6.07) is 2.96. The van der Waals surface area contributed by atoms with Crippen molar-refractivity contribution in [3.05, 3.63) is 65.7 Å². The summed E-state index contributed by atoms with van der Waals surface area (Å²) < 4.78 is 12.6. The van der Waals surface area contributed by atoms with E-state index < -0.39 is 5.82 Å². The van der Waals surface area contributed by atoms with Gasteiger partial charge in [-0.15, -0.1) is 0 Å². The van der Waals surface area contributed by atoms with Crippen LogP contribution in [0.5, 0.6) is 0 Å². The van der Waals surface area contributed by atoms with E-state index in [4.69, 9.17) is 5.26 Å². The molecule has 2 aliphatic heterocycles. The Morgan fingerprint density at radius 1 is 1.32 bits per heavy atom. The molecule has 6 nitrogen and oxygen atoms in total. The predicted octanol–water partition coefficient (Wildman–Crippen LogP) is 5.32. The SMILES string of the molecule is C=CNC1=NC=C/C1=C(/C)N1CN(CC)C1.CC.CCC.Cc1ncc(C#N)cc1F. The molecule has 0 atom stereocenters. The maximum Gasteiger partial charge on any atom is 0.145 e. The van der Waals surface area contributed by atoms with Crippen molar-refractivity contribution in [3.63, 3.8) is 0 Å². The van der Waals surface area contributed by atoms with Gasteiger partial charge in [-0.2, -0.15) is 5.26 Å². The highest BCUT2D eigenvalue weighted by molar-refractivity contribution is 6.04. The van der Waals surface area contributed by atoms with Gasteiger partial charge in [0, 0.05) is 23.7 Å². The summed E-state index contributed by atoms with van der Waals surface area (Å²) in [5.74, 6) is 0.460. The van der Waals surface area contributed by atoms with Crippen molar-refractivity contribution >= 4 is 5.84 Å². The number of amidine groups is 1. The molecule has 1 fully saturated rings. The van der Waals surface area contributed by atoms with E-state index in [1.807, 2.05) is 26.1 Å². The minimum atomic E-state index is -0.431. The van der Waals surface area contributed by atoms with Gasteiger partial charge in [0.1, 0.15) is 17.7 Å². The number of aryl methyl sites for hydroxylation is 1. The molecule has 1 N–H and O–H groups in total. The maximum atomic E-state index is 12.6. The first-order valence-electron chi connectivity index (χ1n) is 10.7. The third kappa shape index (κ3) is 9.14. The van der Waals surface area contributed by atoms with Crippen LogP contribution in [0.1, 0.15) is 59.2 Å². The second-order valence-corrected chi connectivity index (χ2v) is 6.56. The maximum absolute atomic E-state index is 12.6. The average molecular weight is 429 g/mol. The number of nitriles is 1. The normalized spacial score (nSPS) is 15.5. The Labute approximate surface area is 187 Å². The van der Waals surface area contributed by atoms with Gasteiger partial charge in [-0.25, -0.2) is 9.38 Å². The Bertz CT molecular complexity index is 814. The lowest BCUT2D eigenvalue weighted by molar-refractivity contribution is 0.00278. The van der Waals surface area contributed by atoms with Crippen molar-refractivity contribution in [1.29, 1.82) is 5.26 Å². The summed E-state index contributed by atoms with van der Waals surface area (Å²) in [7, 11) is 0. The molecule has 0 aromatic carbocycles. The van der Waals surface area contributed by atoms with Crippen LogP contribution in [-0.4, -0.2) is 40.5 Å². The Morgan fingerprint density at radius 2 is 1.94 bits per heavy atom. The molecule has 1 aromatic heterocycles. The van der Waals surface area contributed by atoms with Gasteiger partial charge in [-0.3, -0.25) is 9.88 Å².